The second kappa shape index (κ2) is 3.21. The molecule has 0 radical (unpaired) electrons. The maximum atomic E-state index is 12.9. The van der Waals surface area contributed by atoms with Gasteiger partial charge in [-0.25, -0.2) is 8.78 Å². The van der Waals surface area contributed by atoms with Gasteiger partial charge in [0.2, 0.25) is 5.91 Å². The van der Waals surface area contributed by atoms with Crippen LogP contribution >= 0.6 is 0 Å². The van der Waals surface area contributed by atoms with Gasteiger partial charge in [-0.3, -0.25) is 9.69 Å². The molecule has 3 nitrogen and oxygen atoms in total. The summed E-state index contributed by atoms with van der Waals surface area (Å²) in [6.45, 7) is 3.19. The number of nitrogens with zero attached hydrogens (tertiary/aromatic N) is 1. The minimum atomic E-state index is -2.77. The van der Waals surface area contributed by atoms with Gasteiger partial charge in [0.05, 0.1) is 12.6 Å². The molecule has 2 N–H and O–H groups in total. The molecular formula is C8H14F2N2O. The Labute approximate surface area is 75.9 Å². The topological polar surface area (TPSA) is 46.3 Å². The number of halogens is 2. The molecule has 0 bridgehead atoms. The number of likely N-dealkylation sites (tertiary alicyclic amines) is 1. The van der Waals surface area contributed by atoms with Gasteiger partial charge in [0, 0.05) is 12.5 Å². The normalized spacial score (nSPS) is 28.2. The smallest absolute Gasteiger partial charge is 0.262 e. The molecule has 1 amide bonds. The summed E-state index contributed by atoms with van der Waals surface area (Å²) in [7, 11) is 0. The van der Waals surface area contributed by atoms with Crippen LogP contribution in [0.25, 0.3) is 0 Å². The number of hydrogen-bond acceptors (Lipinski definition) is 2. The molecule has 1 rings (SSSR count). The number of primary amides is 1. The summed E-state index contributed by atoms with van der Waals surface area (Å²) >= 11 is 0. The summed E-state index contributed by atoms with van der Waals surface area (Å²) in [5.41, 5.74) is 5.03. The van der Waals surface area contributed by atoms with Gasteiger partial charge >= 0.3 is 0 Å². The molecule has 0 spiro atoms. The number of carbonyl (C=O) groups excluding carboxylic acids is 1. The molecule has 1 fully saturated rings. The van der Waals surface area contributed by atoms with E-state index < -0.39 is 24.3 Å². The van der Waals surface area contributed by atoms with E-state index in [0.29, 0.717) is 0 Å². The predicted octanol–water partition coefficient (Wildman–Crippen LogP) is 0.590. The van der Waals surface area contributed by atoms with Crippen LogP contribution in [-0.4, -0.2) is 35.4 Å². The minimum Gasteiger partial charge on any atom is -0.368 e. The van der Waals surface area contributed by atoms with Gasteiger partial charge in [0.25, 0.3) is 5.92 Å². The summed E-state index contributed by atoms with van der Waals surface area (Å²) in [6, 6.07) is -0.888. The Bertz CT molecular complexity index is 218. The van der Waals surface area contributed by atoms with E-state index in [-0.39, 0.29) is 12.6 Å². The van der Waals surface area contributed by atoms with Crippen molar-refractivity contribution in [3.05, 3.63) is 0 Å². The number of alkyl halides is 2. The number of rotatable bonds is 2. The monoisotopic (exact) mass is 192 g/mol. The zero-order chi connectivity index (χ0) is 10.2. The van der Waals surface area contributed by atoms with Crippen molar-refractivity contribution in [3.8, 4) is 0 Å². The van der Waals surface area contributed by atoms with Gasteiger partial charge < -0.3 is 5.73 Å². The molecule has 0 saturated carbocycles. The van der Waals surface area contributed by atoms with Crippen molar-refractivity contribution in [1.29, 1.82) is 0 Å². The molecule has 1 atom stereocenters. The van der Waals surface area contributed by atoms with Crippen molar-refractivity contribution in [2.45, 2.75) is 38.3 Å². The molecule has 1 aliphatic rings. The lowest BCUT2D eigenvalue weighted by Crippen LogP contribution is -2.43. The van der Waals surface area contributed by atoms with E-state index in [9.17, 15) is 13.6 Å². The highest BCUT2D eigenvalue weighted by atomic mass is 19.3. The highest BCUT2D eigenvalue weighted by Gasteiger charge is 2.47. The Morgan fingerprint density at radius 3 is 2.46 bits per heavy atom. The Morgan fingerprint density at radius 1 is 1.62 bits per heavy atom. The van der Waals surface area contributed by atoms with Crippen molar-refractivity contribution in [3.63, 3.8) is 0 Å². The van der Waals surface area contributed by atoms with Crippen molar-refractivity contribution in [1.82, 2.24) is 4.90 Å². The van der Waals surface area contributed by atoms with Crippen LogP contribution in [0.5, 0.6) is 0 Å². The summed E-state index contributed by atoms with van der Waals surface area (Å²) < 4.78 is 25.8. The average molecular weight is 192 g/mol. The van der Waals surface area contributed by atoms with E-state index in [2.05, 4.69) is 0 Å². The van der Waals surface area contributed by atoms with Crippen LogP contribution in [0.1, 0.15) is 20.3 Å². The molecule has 13 heavy (non-hydrogen) atoms. The Balaban J connectivity index is 2.77. The maximum absolute atomic E-state index is 12.9. The van der Waals surface area contributed by atoms with Crippen molar-refractivity contribution < 1.29 is 13.6 Å². The summed E-state index contributed by atoms with van der Waals surface area (Å²) in [5, 5.41) is 0. The van der Waals surface area contributed by atoms with Crippen LogP contribution in [0.3, 0.4) is 0 Å². The van der Waals surface area contributed by atoms with E-state index in [1.807, 2.05) is 0 Å². The third-order valence-electron chi connectivity index (χ3n) is 2.30. The molecule has 76 valence electrons. The molecule has 5 heteroatoms. The number of nitrogens with two attached hydrogens (primary N) is 1. The zero-order valence-electron chi connectivity index (χ0n) is 7.76. The number of amides is 1. The average Bonchev–Trinajstić information content (AvgIpc) is 2.26. The van der Waals surface area contributed by atoms with E-state index in [1.165, 1.54) is 4.90 Å². The predicted molar refractivity (Wildman–Crippen MR) is 44.4 cm³/mol. The molecule has 0 aliphatic carbocycles. The first-order chi connectivity index (χ1) is 5.83. The standard InChI is InChI=1S/C8H14F2N2O/c1-5(2)12-4-8(9,10)3-6(12)7(11)13/h5-6H,3-4H2,1-2H3,(H2,11,13). The van der Waals surface area contributed by atoms with E-state index in [4.69, 9.17) is 5.73 Å². The van der Waals surface area contributed by atoms with Crippen molar-refractivity contribution in [2.75, 3.05) is 6.54 Å². The summed E-state index contributed by atoms with van der Waals surface area (Å²) in [5.74, 6) is -3.44. The van der Waals surface area contributed by atoms with Crippen LogP contribution in [0, 0.1) is 0 Å². The van der Waals surface area contributed by atoms with Gasteiger partial charge in [-0.05, 0) is 13.8 Å². The lowest BCUT2D eigenvalue weighted by atomic mass is 10.1. The molecule has 1 heterocycles. The van der Waals surface area contributed by atoms with E-state index in [0.717, 1.165) is 0 Å². The Kier molecular flexibility index (Phi) is 2.56. The third kappa shape index (κ3) is 2.15. The minimum absolute atomic E-state index is 0.0779. The first-order valence-corrected chi connectivity index (χ1v) is 4.26. The molecule has 0 aromatic heterocycles. The number of hydrogen-bond donors (Lipinski definition) is 1. The number of carbonyl (C=O) groups is 1. The van der Waals surface area contributed by atoms with Gasteiger partial charge in [-0.15, -0.1) is 0 Å². The van der Waals surface area contributed by atoms with Crippen LogP contribution in [0.15, 0.2) is 0 Å². The molecule has 1 unspecified atom stereocenters. The Morgan fingerprint density at radius 2 is 2.15 bits per heavy atom. The van der Waals surface area contributed by atoms with E-state index in [1.54, 1.807) is 13.8 Å². The SMILES string of the molecule is CC(C)N1CC(F)(F)CC1C(N)=O. The summed E-state index contributed by atoms with van der Waals surface area (Å²) in [6.07, 6.45) is -0.444. The van der Waals surface area contributed by atoms with Gasteiger partial charge in [0.15, 0.2) is 0 Å². The molecule has 0 aromatic rings. The van der Waals surface area contributed by atoms with Crippen LogP contribution in [0.2, 0.25) is 0 Å². The van der Waals surface area contributed by atoms with E-state index >= 15 is 0 Å². The lowest BCUT2D eigenvalue weighted by Gasteiger charge is -2.24. The fraction of sp³-hybridized carbons (Fsp3) is 0.875. The fourth-order valence-corrected chi connectivity index (χ4v) is 1.65. The molecule has 0 aromatic carbocycles. The van der Waals surface area contributed by atoms with Crippen LogP contribution < -0.4 is 5.73 Å². The Hall–Kier alpha value is -0.710. The van der Waals surface area contributed by atoms with Gasteiger partial charge in [0.1, 0.15) is 0 Å². The second-order valence-corrected chi connectivity index (χ2v) is 3.74. The molecule has 1 saturated heterocycles. The second-order valence-electron chi connectivity index (χ2n) is 3.74. The largest absolute Gasteiger partial charge is 0.368 e. The molecular weight excluding hydrogens is 178 g/mol. The molecule has 1 aliphatic heterocycles. The van der Waals surface area contributed by atoms with Crippen LogP contribution in [-0.2, 0) is 4.79 Å². The van der Waals surface area contributed by atoms with Crippen molar-refractivity contribution in [2.24, 2.45) is 5.73 Å². The fourth-order valence-electron chi connectivity index (χ4n) is 1.65. The first kappa shape index (κ1) is 10.4. The third-order valence-corrected chi connectivity index (χ3v) is 2.30. The summed E-state index contributed by atoms with van der Waals surface area (Å²) in [4.78, 5) is 12.3. The van der Waals surface area contributed by atoms with Crippen molar-refractivity contribution >= 4 is 5.91 Å². The highest BCUT2D eigenvalue weighted by Crippen LogP contribution is 2.32. The lowest BCUT2D eigenvalue weighted by molar-refractivity contribution is -0.122. The van der Waals surface area contributed by atoms with Crippen LogP contribution in [0.4, 0.5) is 8.78 Å². The highest BCUT2D eigenvalue weighted by molar-refractivity contribution is 5.80. The first-order valence-electron chi connectivity index (χ1n) is 4.26. The van der Waals surface area contributed by atoms with Gasteiger partial charge in [-0.1, -0.05) is 0 Å². The zero-order valence-corrected chi connectivity index (χ0v) is 7.76. The van der Waals surface area contributed by atoms with Gasteiger partial charge in [-0.2, -0.15) is 0 Å². The quantitative estimate of drug-likeness (QED) is 0.696. The maximum Gasteiger partial charge on any atom is 0.262 e.